The fourth-order valence-electron chi connectivity index (χ4n) is 1.93. The van der Waals surface area contributed by atoms with Gasteiger partial charge in [-0.05, 0) is 18.8 Å². The zero-order valence-corrected chi connectivity index (χ0v) is 12.2. The van der Waals surface area contributed by atoms with Crippen molar-refractivity contribution in [1.82, 2.24) is 9.80 Å². The quantitative estimate of drug-likeness (QED) is 0.764. The number of rotatable bonds is 6. The number of likely N-dealkylation sites (N-methyl/N-ethyl adjacent to an activating group) is 1. The van der Waals surface area contributed by atoms with E-state index in [0.717, 1.165) is 0 Å². The van der Waals surface area contributed by atoms with Crippen LogP contribution in [0.15, 0.2) is 0 Å². The van der Waals surface area contributed by atoms with E-state index >= 15 is 0 Å². The lowest BCUT2D eigenvalue weighted by Gasteiger charge is -2.34. The number of amides is 1. The Balaban J connectivity index is 2.41. The number of carboxylic acid groups (broad SMARTS) is 1. The summed E-state index contributed by atoms with van der Waals surface area (Å²) in [6, 6.07) is 0. The van der Waals surface area contributed by atoms with E-state index in [4.69, 9.17) is 9.84 Å². The molecular formula is C11H17F3N2O4S. The summed E-state index contributed by atoms with van der Waals surface area (Å²) in [6.45, 7) is 0.770. The number of aliphatic carboxylic acids is 1. The van der Waals surface area contributed by atoms with Crippen LogP contribution in [0, 0.1) is 0 Å². The molecule has 0 aliphatic carbocycles. The first-order valence-electron chi connectivity index (χ1n) is 6.18. The molecule has 0 saturated carbocycles. The molecule has 0 aromatic rings. The van der Waals surface area contributed by atoms with Gasteiger partial charge < -0.3 is 14.7 Å². The summed E-state index contributed by atoms with van der Waals surface area (Å²) in [7, 11) is 1.59. The summed E-state index contributed by atoms with van der Waals surface area (Å²) < 4.78 is 41.6. The first-order chi connectivity index (χ1) is 9.67. The van der Waals surface area contributed by atoms with E-state index in [1.165, 1.54) is 9.80 Å². The summed E-state index contributed by atoms with van der Waals surface area (Å²) in [6.07, 6.45) is -0.400. The topological polar surface area (TPSA) is 70.1 Å². The lowest BCUT2D eigenvalue weighted by molar-refractivity contribution is -0.141. The van der Waals surface area contributed by atoms with Gasteiger partial charge in [0.25, 0.3) is 0 Å². The molecule has 1 aliphatic rings. The first-order valence-corrected chi connectivity index (χ1v) is 7.16. The van der Waals surface area contributed by atoms with E-state index in [-0.39, 0.29) is 38.0 Å². The molecule has 1 amide bonds. The van der Waals surface area contributed by atoms with Gasteiger partial charge in [0.2, 0.25) is 5.91 Å². The predicted octanol–water partition coefficient (Wildman–Crippen LogP) is 0.483. The SMILES string of the molecule is CN(CC(=O)O)CC1CN(C(=O)CSC(F)(F)F)CCO1. The second-order valence-electron chi connectivity index (χ2n) is 4.66. The molecule has 6 nitrogen and oxygen atoms in total. The minimum atomic E-state index is -4.43. The predicted molar refractivity (Wildman–Crippen MR) is 70.0 cm³/mol. The number of hydrogen-bond donors (Lipinski definition) is 1. The molecule has 1 unspecified atom stereocenters. The maximum Gasteiger partial charge on any atom is 0.442 e. The van der Waals surface area contributed by atoms with Crippen LogP contribution < -0.4 is 0 Å². The Labute approximate surface area is 124 Å². The largest absolute Gasteiger partial charge is 0.480 e. The van der Waals surface area contributed by atoms with Crippen molar-refractivity contribution in [3.8, 4) is 0 Å². The molecule has 10 heteroatoms. The zero-order valence-electron chi connectivity index (χ0n) is 11.4. The lowest BCUT2D eigenvalue weighted by atomic mass is 10.2. The van der Waals surface area contributed by atoms with E-state index in [0.29, 0.717) is 6.54 Å². The molecule has 0 aromatic carbocycles. The first kappa shape index (κ1) is 18.1. The summed E-state index contributed by atoms with van der Waals surface area (Å²) in [5.41, 5.74) is -4.43. The number of hydrogen-bond acceptors (Lipinski definition) is 5. The molecule has 1 fully saturated rings. The molecular weight excluding hydrogens is 313 g/mol. The van der Waals surface area contributed by atoms with Gasteiger partial charge in [-0.15, -0.1) is 0 Å². The average Bonchev–Trinajstić information content (AvgIpc) is 2.34. The van der Waals surface area contributed by atoms with Gasteiger partial charge in [0.05, 0.1) is 25.0 Å². The molecule has 1 rings (SSSR count). The Morgan fingerprint density at radius 3 is 2.71 bits per heavy atom. The maximum absolute atomic E-state index is 12.1. The van der Waals surface area contributed by atoms with Crippen molar-refractivity contribution in [3.63, 3.8) is 0 Å². The van der Waals surface area contributed by atoms with E-state index in [1.54, 1.807) is 7.05 Å². The smallest absolute Gasteiger partial charge is 0.442 e. The third kappa shape index (κ3) is 7.53. The molecule has 1 atom stereocenters. The van der Waals surface area contributed by atoms with Gasteiger partial charge in [0.1, 0.15) is 0 Å². The van der Waals surface area contributed by atoms with Gasteiger partial charge >= 0.3 is 11.5 Å². The Morgan fingerprint density at radius 1 is 1.48 bits per heavy atom. The maximum atomic E-state index is 12.1. The number of ether oxygens (including phenoxy) is 1. The number of carbonyl (C=O) groups excluding carboxylic acids is 1. The molecule has 122 valence electrons. The molecule has 1 saturated heterocycles. The van der Waals surface area contributed by atoms with E-state index in [9.17, 15) is 22.8 Å². The Morgan fingerprint density at radius 2 is 2.14 bits per heavy atom. The van der Waals surface area contributed by atoms with Crippen LogP contribution in [-0.4, -0.2) is 84.0 Å². The molecule has 1 heterocycles. The van der Waals surface area contributed by atoms with Crippen molar-refractivity contribution < 1.29 is 32.6 Å². The van der Waals surface area contributed by atoms with Crippen LogP contribution >= 0.6 is 11.8 Å². The molecule has 21 heavy (non-hydrogen) atoms. The molecule has 0 radical (unpaired) electrons. The van der Waals surface area contributed by atoms with Crippen molar-refractivity contribution in [2.75, 3.05) is 45.6 Å². The van der Waals surface area contributed by atoms with Crippen LogP contribution in [-0.2, 0) is 14.3 Å². The minimum absolute atomic E-state index is 0.168. The van der Waals surface area contributed by atoms with Crippen LogP contribution in [0.25, 0.3) is 0 Å². The molecule has 1 aliphatic heterocycles. The summed E-state index contributed by atoms with van der Waals surface area (Å²) >= 11 is -0.361. The van der Waals surface area contributed by atoms with Gasteiger partial charge in [-0.3, -0.25) is 14.5 Å². The highest BCUT2D eigenvalue weighted by Gasteiger charge is 2.32. The summed E-state index contributed by atoms with van der Waals surface area (Å²) in [5, 5.41) is 8.64. The third-order valence-corrected chi connectivity index (χ3v) is 3.49. The number of carboxylic acids is 1. The second kappa shape index (κ2) is 7.85. The number of halogens is 3. The van der Waals surface area contributed by atoms with Crippen LogP contribution in [0.5, 0.6) is 0 Å². The fourth-order valence-corrected chi connectivity index (χ4v) is 2.40. The van der Waals surface area contributed by atoms with Gasteiger partial charge in [-0.1, -0.05) is 0 Å². The fraction of sp³-hybridized carbons (Fsp3) is 0.818. The standard InChI is InChI=1S/C11H17F3N2O4S/c1-15(6-10(18)19)4-8-5-16(2-3-20-8)9(17)7-21-11(12,13)14/h8H,2-7H2,1H3,(H,18,19). The van der Waals surface area contributed by atoms with Crippen molar-refractivity contribution >= 4 is 23.6 Å². The number of carbonyl (C=O) groups is 2. The number of morpholine rings is 1. The van der Waals surface area contributed by atoms with E-state index in [1.807, 2.05) is 0 Å². The normalized spacial score (nSPS) is 19.9. The van der Waals surface area contributed by atoms with Crippen LogP contribution in [0.1, 0.15) is 0 Å². The number of thioether (sulfide) groups is 1. The Kier molecular flexibility index (Phi) is 6.75. The van der Waals surface area contributed by atoms with Crippen molar-refractivity contribution in [3.05, 3.63) is 0 Å². The van der Waals surface area contributed by atoms with Gasteiger partial charge in [0.15, 0.2) is 0 Å². The monoisotopic (exact) mass is 330 g/mol. The van der Waals surface area contributed by atoms with E-state index < -0.39 is 29.2 Å². The molecule has 0 bridgehead atoms. The van der Waals surface area contributed by atoms with Gasteiger partial charge in [-0.2, -0.15) is 13.2 Å². The van der Waals surface area contributed by atoms with E-state index in [2.05, 4.69) is 0 Å². The molecule has 1 N–H and O–H groups in total. The number of alkyl halides is 3. The van der Waals surface area contributed by atoms with Crippen LogP contribution in [0.2, 0.25) is 0 Å². The number of nitrogens with zero attached hydrogens (tertiary/aromatic N) is 2. The Hall–Kier alpha value is -1.00. The zero-order chi connectivity index (χ0) is 16.0. The van der Waals surface area contributed by atoms with Gasteiger partial charge in [-0.25, -0.2) is 0 Å². The minimum Gasteiger partial charge on any atom is -0.480 e. The third-order valence-electron chi connectivity index (χ3n) is 2.77. The van der Waals surface area contributed by atoms with Gasteiger partial charge in [0, 0.05) is 19.6 Å². The van der Waals surface area contributed by atoms with Crippen molar-refractivity contribution in [1.29, 1.82) is 0 Å². The highest BCUT2D eigenvalue weighted by molar-refractivity contribution is 8.00. The van der Waals surface area contributed by atoms with Crippen LogP contribution in [0.3, 0.4) is 0 Å². The lowest BCUT2D eigenvalue weighted by Crippen LogP contribution is -2.50. The van der Waals surface area contributed by atoms with Crippen molar-refractivity contribution in [2.45, 2.75) is 11.6 Å². The van der Waals surface area contributed by atoms with Crippen LogP contribution in [0.4, 0.5) is 13.2 Å². The molecule has 0 aromatic heterocycles. The van der Waals surface area contributed by atoms with Crippen molar-refractivity contribution in [2.24, 2.45) is 0 Å². The highest BCUT2D eigenvalue weighted by Crippen LogP contribution is 2.30. The summed E-state index contributed by atoms with van der Waals surface area (Å²) in [5.74, 6) is -2.23. The highest BCUT2D eigenvalue weighted by atomic mass is 32.2. The molecule has 0 spiro atoms. The second-order valence-corrected chi connectivity index (χ2v) is 5.70. The average molecular weight is 330 g/mol. The Bertz CT molecular complexity index is 381. The summed E-state index contributed by atoms with van der Waals surface area (Å²) in [4.78, 5) is 25.1.